The van der Waals surface area contributed by atoms with E-state index in [1.165, 1.54) is 0 Å². The first kappa shape index (κ1) is 13.0. The number of ketones is 1. The maximum atomic E-state index is 11.8. The van der Waals surface area contributed by atoms with Crippen LogP contribution < -0.4 is 0 Å². The molecule has 0 aromatic carbocycles. The van der Waals surface area contributed by atoms with Gasteiger partial charge in [0.2, 0.25) is 0 Å². The van der Waals surface area contributed by atoms with E-state index >= 15 is 0 Å². The fourth-order valence-electron chi connectivity index (χ4n) is 1.75. The van der Waals surface area contributed by atoms with Crippen LogP contribution in [0.3, 0.4) is 0 Å². The zero-order valence-electron chi connectivity index (χ0n) is 10.1. The van der Waals surface area contributed by atoms with Crippen LogP contribution in [-0.2, 0) is 4.74 Å². The number of hydrogen-bond acceptors (Lipinski definition) is 4. The summed E-state index contributed by atoms with van der Waals surface area (Å²) in [5.41, 5.74) is 1.68. The average Bonchev–Trinajstić information content (AvgIpc) is 2.54. The second-order valence-corrected chi connectivity index (χ2v) is 3.60. The van der Waals surface area contributed by atoms with Gasteiger partial charge in [0.15, 0.2) is 5.78 Å². The molecule has 0 saturated carbocycles. The number of rotatable bonds is 4. The van der Waals surface area contributed by atoms with Crippen LogP contribution in [0.2, 0.25) is 0 Å². The molecule has 1 rings (SSSR count). The monoisotopic (exact) mass is 234 g/mol. The summed E-state index contributed by atoms with van der Waals surface area (Å²) < 4.78 is 4.90. The lowest BCUT2D eigenvalue weighted by molar-refractivity contribution is 0.0522. The molecule has 1 aromatic rings. The second-order valence-electron chi connectivity index (χ2n) is 3.60. The summed E-state index contributed by atoms with van der Waals surface area (Å²) in [6.07, 6.45) is -0.245. The zero-order valence-corrected chi connectivity index (χ0v) is 10.1. The van der Waals surface area contributed by atoms with Crippen molar-refractivity contribution in [3.05, 3.63) is 22.5 Å². The first-order chi connectivity index (χ1) is 8.02. The highest BCUT2D eigenvalue weighted by molar-refractivity contribution is 6.08. The summed E-state index contributed by atoms with van der Waals surface area (Å²) in [4.78, 5) is 26.4. The summed E-state index contributed by atoms with van der Waals surface area (Å²) in [6, 6.07) is 1.79. The molecule has 5 nitrogen and oxygen atoms in total. The minimum absolute atomic E-state index is 0.240. The van der Waals surface area contributed by atoms with Gasteiger partial charge in [0, 0.05) is 11.4 Å². The molecule has 0 saturated heterocycles. The van der Waals surface area contributed by atoms with Crippen molar-refractivity contribution >= 4 is 11.8 Å². The maximum Gasteiger partial charge on any atom is 0.340 e. The molecule has 0 fully saturated rings. The van der Waals surface area contributed by atoms with Gasteiger partial charge in [-0.05, 0) is 20.8 Å². The Morgan fingerprint density at radius 3 is 2.41 bits per heavy atom. The van der Waals surface area contributed by atoms with Gasteiger partial charge >= 0.3 is 5.97 Å². The second kappa shape index (κ2) is 5.30. The van der Waals surface area contributed by atoms with E-state index < -0.39 is 5.97 Å². The van der Waals surface area contributed by atoms with Gasteiger partial charge in [0.05, 0.1) is 30.2 Å². The van der Waals surface area contributed by atoms with E-state index in [-0.39, 0.29) is 29.9 Å². The van der Waals surface area contributed by atoms with Gasteiger partial charge in [-0.1, -0.05) is 0 Å². The van der Waals surface area contributed by atoms with Crippen molar-refractivity contribution < 1.29 is 14.3 Å². The van der Waals surface area contributed by atoms with Crippen LogP contribution in [0.15, 0.2) is 0 Å². The fraction of sp³-hybridized carbons (Fsp3) is 0.417. The largest absolute Gasteiger partial charge is 0.462 e. The molecule has 0 radical (unpaired) electrons. The highest BCUT2D eigenvalue weighted by atomic mass is 16.5. The van der Waals surface area contributed by atoms with Gasteiger partial charge in [-0.15, -0.1) is 0 Å². The molecule has 0 bridgehead atoms. The van der Waals surface area contributed by atoms with Gasteiger partial charge in [-0.3, -0.25) is 4.79 Å². The predicted octanol–water partition coefficient (Wildman–Crippen LogP) is 1.90. The number of aromatic amines is 1. The minimum atomic E-state index is -0.532. The third kappa shape index (κ3) is 2.53. The Labute approximate surface area is 99.4 Å². The average molecular weight is 234 g/mol. The lowest BCUT2D eigenvalue weighted by Crippen LogP contribution is -2.11. The molecule has 1 aromatic heterocycles. The van der Waals surface area contributed by atoms with Crippen molar-refractivity contribution in [2.24, 2.45) is 0 Å². The van der Waals surface area contributed by atoms with Crippen molar-refractivity contribution in [3.63, 3.8) is 0 Å². The van der Waals surface area contributed by atoms with Crippen LogP contribution in [0.25, 0.3) is 0 Å². The maximum absolute atomic E-state index is 11.8. The Hall–Kier alpha value is -2.09. The Kier molecular flexibility index (Phi) is 4.05. The van der Waals surface area contributed by atoms with E-state index in [9.17, 15) is 9.59 Å². The molecule has 0 amide bonds. The number of nitriles is 1. The highest BCUT2D eigenvalue weighted by Crippen LogP contribution is 2.21. The van der Waals surface area contributed by atoms with Crippen LogP contribution in [0, 0.1) is 25.2 Å². The molecule has 0 unspecified atom stereocenters. The zero-order chi connectivity index (χ0) is 13.0. The Bertz CT molecular complexity index is 495. The fourth-order valence-corrected chi connectivity index (χ4v) is 1.75. The number of esters is 1. The molecule has 17 heavy (non-hydrogen) atoms. The summed E-state index contributed by atoms with van der Waals surface area (Å²) in [6.45, 7) is 5.33. The lowest BCUT2D eigenvalue weighted by Gasteiger charge is -2.03. The quantitative estimate of drug-likeness (QED) is 0.637. The number of carbonyl (C=O) groups is 2. The van der Waals surface area contributed by atoms with Crippen LogP contribution in [0.4, 0.5) is 0 Å². The predicted molar refractivity (Wildman–Crippen MR) is 60.8 cm³/mol. The molecular formula is C12H14N2O3. The first-order valence-electron chi connectivity index (χ1n) is 5.29. The summed E-state index contributed by atoms with van der Waals surface area (Å²) in [5, 5.41) is 8.53. The van der Waals surface area contributed by atoms with E-state index in [2.05, 4.69) is 4.98 Å². The third-order valence-electron chi connectivity index (χ3n) is 2.37. The SMILES string of the molecule is CCOC(=O)c1c(C)[nH]c(C)c1C(=O)CC#N. The Balaban J connectivity index is 3.25. The molecular weight excluding hydrogens is 220 g/mol. The van der Waals surface area contributed by atoms with Crippen molar-refractivity contribution in [1.29, 1.82) is 5.26 Å². The highest BCUT2D eigenvalue weighted by Gasteiger charge is 2.24. The van der Waals surface area contributed by atoms with Crippen molar-refractivity contribution in [3.8, 4) is 6.07 Å². The summed E-state index contributed by atoms with van der Waals surface area (Å²) in [5.74, 6) is -0.895. The topological polar surface area (TPSA) is 83.0 Å². The summed E-state index contributed by atoms with van der Waals surface area (Å²) in [7, 11) is 0. The Morgan fingerprint density at radius 2 is 1.88 bits per heavy atom. The van der Waals surface area contributed by atoms with Gasteiger partial charge in [-0.2, -0.15) is 5.26 Å². The molecule has 0 spiro atoms. The van der Waals surface area contributed by atoms with Crippen LogP contribution in [0.5, 0.6) is 0 Å². The van der Waals surface area contributed by atoms with Crippen LogP contribution >= 0.6 is 0 Å². The molecule has 1 N–H and O–H groups in total. The van der Waals surface area contributed by atoms with Gasteiger partial charge in [0.1, 0.15) is 0 Å². The first-order valence-corrected chi connectivity index (χ1v) is 5.29. The molecule has 0 aliphatic rings. The minimum Gasteiger partial charge on any atom is -0.462 e. The van der Waals surface area contributed by atoms with Crippen molar-refractivity contribution in [2.75, 3.05) is 6.61 Å². The Morgan fingerprint density at radius 1 is 1.29 bits per heavy atom. The van der Waals surface area contributed by atoms with E-state index in [0.29, 0.717) is 11.4 Å². The molecule has 0 aliphatic heterocycles. The van der Waals surface area contributed by atoms with Gasteiger partial charge in [0.25, 0.3) is 0 Å². The number of ether oxygens (including phenoxy) is 1. The van der Waals surface area contributed by atoms with E-state index in [1.54, 1.807) is 26.8 Å². The smallest absolute Gasteiger partial charge is 0.340 e. The molecule has 5 heteroatoms. The number of nitrogens with one attached hydrogen (secondary N) is 1. The number of nitrogens with zero attached hydrogens (tertiary/aromatic N) is 1. The molecule has 90 valence electrons. The van der Waals surface area contributed by atoms with Gasteiger partial charge < -0.3 is 9.72 Å². The van der Waals surface area contributed by atoms with Gasteiger partial charge in [-0.25, -0.2) is 4.79 Å². The molecule has 0 aliphatic carbocycles. The van der Waals surface area contributed by atoms with Crippen molar-refractivity contribution in [1.82, 2.24) is 4.98 Å². The number of aromatic nitrogens is 1. The van der Waals surface area contributed by atoms with E-state index in [0.717, 1.165) is 0 Å². The number of hydrogen-bond donors (Lipinski definition) is 1. The van der Waals surface area contributed by atoms with Crippen LogP contribution in [0.1, 0.15) is 45.4 Å². The third-order valence-corrected chi connectivity index (χ3v) is 2.37. The molecule has 1 heterocycles. The number of H-pyrrole nitrogens is 1. The summed E-state index contributed by atoms with van der Waals surface area (Å²) >= 11 is 0. The lowest BCUT2D eigenvalue weighted by atomic mass is 10.0. The molecule has 0 atom stereocenters. The van der Waals surface area contributed by atoms with E-state index in [4.69, 9.17) is 10.00 Å². The van der Waals surface area contributed by atoms with E-state index in [1.807, 2.05) is 0 Å². The number of carbonyl (C=O) groups excluding carboxylic acids is 2. The normalized spacial score (nSPS) is 9.76. The van der Waals surface area contributed by atoms with Crippen LogP contribution in [-0.4, -0.2) is 23.3 Å². The number of aryl methyl sites for hydroxylation is 2. The standard InChI is InChI=1S/C12H14N2O3/c1-4-17-12(16)11-8(3)14-7(2)10(11)9(15)5-6-13/h14H,4-5H2,1-3H3. The van der Waals surface area contributed by atoms with Crippen molar-refractivity contribution in [2.45, 2.75) is 27.2 Å². The number of Topliss-reactive ketones (excluding diaryl/α,β-unsaturated/α-hetero) is 1.